The normalized spacial score (nSPS) is 10.4. The first-order valence-electron chi connectivity index (χ1n) is 7.90. The van der Waals surface area contributed by atoms with E-state index in [1.165, 1.54) is 50.3 Å². The monoisotopic (exact) mass is 307 g/mol. The van der Waals surface area contributed by atoms with Crippen LogP contribution in [-0.2, 0) is 0 Å². The molecule has 22 heavy (non-hydrogen) atoms. The van der Waals surface area contributed by atoms with Gasteiger partial charge in [0.2, 0.25) is 0 Å². The highest BCUT2D eigenvalue weighted by Gasteiger charge is 2.11. The molecule has 0 unspecified atom stereocenters. The van der Waals surface area contributed by atoms with Crippen LogP contribution in [0.2, 0.25) is 0 Å². The number of anilines is 1. The van der Waals surface area contributed by atoms with E-state index in [0.717, 1.165) is 19.4 Å². The number of unbranched alkanes of at least 4 members (excludes halogenated alkanes) is 6. The zero-order valence-corrected chi connectivity index (χ0v) is 13.1. The number of nitrogens with one attached hydrogen (secondary N) is 1. The molecule has 0 saturated heterocycles. The smallest absolute Gasteiger partial charge is 0.335 e. The van der Waals surface area contributed by atoms with E-state index in [4.69, 9.17) is 10.2 Å². The van der Waals surface area contributed by atoms with Gasteiger partial charge in [-0.3, -0.25) is 0 Å². The number of benzene rings is 1. The summed E-state index contributed by atoms with van der Waals surface area (Å²) in [7, 11) is 0. The minimum atomic E-state index is -1.12. The molecule has 0 fully saturated rings. The molecule has 0 aliphatic heterocycles. The Labute approximate surface area is 131 Å². The zero-order chi connectivity index (χ0) is 16.4. The highest BCUT2D eigenvalue weighted by atomic mass is 16.4. The fraction of sp³-hybridized carbons (Fsp3) is 0.529. The number of carbonyl (C=O) groups is 2. The Hall–Kier alpha value is -2.04. The number of hydrogen-bond donors (Lipinski definition) is 3. The molecule has 0 aliphatic rings. The second-order valence-electron chi connectivity index (χ2n) is 5.46. The van der Waals surface area contributed by atoms with E-state index in [0.29, 0.717) is 5.69 Å². The Morgan fingerprint density at radius 2 is 1.36 bits per heavy atom. The van der Waals surface area contributed by atoms with Gasteiger partial charge in [-0.1, -0.05) is 45.4 Å². The van der Waals surface area contributed by atoms with Crippen molar-refractivity contribution in [2.75, 3.05) is 11.9 Å². The molecule has 5 heteroatoms. The molecule has 1 rings (SSSR count). The lowest BCUT2D eigenvalue weighted by molar-refractivity contribution is 0.0696. The summed E-state index contributed by atoms with van der Waals surface area (Å²) >= 11 is 0. The molecule has 0 radical (unpaired) electrons. The summed E-state index contributed by atoms with van der Waals surface area (Å²) in [6, 6.07) is 4.11. The van der Waals surface area contributed by atoms with Crippen LogP contribution < -0.4 is 5.32 Å². The third-order valence-electron chi connectivity index (χ3n) is 3.54. The fourth-order valence-corrected chi connectivity index (χ4v) is 2.29. The van der Waals surface area contributed by atoms with Crippen LogP contribution >= 0.6 is 0 Å². The molecule has 0 aromatic heterocycles. The average molecular weight is 307 g/mol. The summed E-state index contributed by atoms with van der Waals surface area (Å²) in [4.78, 5) is 22.0. The summed E-state index contributed by atoms with van der Waals surface area (Å²) in [5, 5.41) is 21.1. The Kier molecular flexibility index (Phi) is 8.04. The van der Waals surface area contributed by atoms with Crippen molar-refractivity contribution in [3.63, 3.8) is 0 Å². The van der Waals surface area contributed by atoms with Crippen molar-refractivity contribution in [2.45, 2.75) is 51.9 Å². The first-order chi connectivity index (χ1) is 10.5. The third-order valence-corrected chi connectivity index (χ3v) is 3.54. The molecule has 5 nitrogen and oxygen atoms in total. The Bertz CT molecular complexity index is 467. The number of rotatable bonds is 11. The lowest BCUT2D eigenvalue weighted by Gasteiger charge is -2.09. The van der Waals surface area contributed by atoms with E-state index in [1.807, 2.05) is 0 Å². The van der Waals surface area contributed by atoms with Gasteiger partial charge in [-0.15, -0.1) is 0 Å². The molecule has 0 aliphatic carbocycles. The SMILES string of the molecule is CCCCCCCCCNc1cc(C(=O)O)cc(C(=O)O)c1. The quantitative estimate of drug-likeness (QED) is 0.532. The van der Waals surface area contributed by atoms with Crippen LogP contribution in [0.1, 0.15) is 72.6 Å². The van der Waals surface area contributed by atoms with Crippen molar-refractivity contribution in [2.24, 2.45) is 0 Å². The summed E-state index contributed by atoms with van der Waals surface area (Å²) < 4.78 is 0. The molecule has 122 valence electrons. The van der Waals surface area contributed by atoms with Crippen molar-refractivity contribution in [1.29, 1.82) is 0 Å². The van der Waals surface area contributed by atoms with E-state index in [2.05, 4.69) is 12.2 Å². The fourth-order valence-electron chi connectivity index (χ4n) is 2.29. The molecular weight excluding hydrogens is 282 g/mol. The predicted molar refractivity (Wildman–Crippen MR) is 86.8 cm³/mol. The van der Waals surface area contributed by atoms with E-state index in [-0.39, 0.29) is 11.1 Å². The van der Waals surface area contributed by atoms with Crippen LogP contribution in [0.5, 0.6) is 0 Å². The largest absolute Gasteiger partial charge is 0.478 e. The first-order valence-corrected chi connectivity index (χ1v) is 7.90. The van der Waals surface area contributed by atoms with Gasteiger partial charge in [0.1, 0.15) is 0 Å². The van der Waals surface area contributed by atoms with Crippen molar-refractivity contribution in [1.82, 2.24) is 0 Å². The van der Waals surface area contributed by atoms with Gasteiger partial charge in [0.25, 0.3) is 0 Å². The number of aromatic carboxylic acids is 2. The van der Waals surface area contributed by atoms with Gasteiger partial charge in [-0.25, -0.2) is 9.59 Å². The Morgan fingerprint density at radius 3 is 1.86 bits per heavy atom. The van der Waals surface area contributed by atoms with Gasteiger partial charge >= 0.3 is 11.9 Å². The van der Waals surface area contributed by atoms with Crippen LogP contribution in [0.15, 0.2) is 18.2 Å². The van der Waals surface area contributed by atoms with E-state index in [1.54, 1.807) is 0 Å². The zero-order valence-electron chi connectivity index (χ0n) is 13.1. The van der Waals surface area contributed by atoms with Crippen molar-refractivity contribution >= 4 is 17.6 Å². The summed E-state index contributed by atoms with van der Waals surface area (Å²) in [6.45, 7) is 2.91. The lowest BCUT2D eigenvalue weighted by atomic mass is 10.1. The minimum absolute atomic E-state index is 0.0121. The number of hydrogen-bond acceptors (Lipinski definition) is 3. The molecule has 0 amide bonds. The lowest BCUT2D eigenvalue weighted by Crippen LogP contribution is -2.07. The Morgan fingerprint density at radius 1 is 0.864 bits per heavy atom. The van der Waals surface area contributed by atoms with Crippen molar-refractivity contribution < 1.29 is 19.8 Å². The summed E-state index contributed by atoms with van der Waals surface area (Å²) in [5.41, 5.74) is 0.521. The van der Waals surface area contributed by atoms with Gasteiger partial charge < -0.3 is 15.5 Å². The van der Waals surface area contributed by atoms with Crippen LogP contribution in [0.25, 0.3) is 0 Å². The topological polar surface area (TPSA) is 86.6 Å². The van der Waals surface area contributed by atoms with Crippen molar-refractivity contribution in [3.05, 3.63) is 29.3 Å². The van der Waals surface area contributed by atoms with E-state index >= 15 is 0 Å². The molecule has 1 aromatic carbocycles. The van der Waals surface area contributed by atoms with Gasteiger partial charge in [-0.2, -0.15) is 0 Å². The summed E-state index contributed by atoms with van der Waals surface area (Å²) in [5.74, 6) is -2.25. The second kappa shape index (κ2) is 9.82. The van der Waals surface area contributed by atoms with E-state index in [9.17, 15) is 9.59 Å². The molecule has 1 aromatic rings. The molecular formula is C17H25NO4. The standard InChI is InChI=1S/C17H25NO4/c1-2-3-4-5-6-7-8-9-18-15-11-13(16(19)20)10-14(12-15)17(21)22/h10-12,18H,2-9H2,1H3,(H,19,20)(H,21,22). The average Bonchev–Trinajstić information content (AvgIpc) is 2.49. The predicted octanol–water partition coefficient (Wildman–Crippen LogP) is 4.25. The van der Waals surface area contributed by atoms with Crippen LogP contribution in [-0.4, -0.2) is 28.7 Å². The first kappa shape index (κ1) is 18.0. The van der Waals surface area contributed by atoms with Gasteiger partial charge in [0, 0.05) is 12.2 Å². The molecule has 0 saturated carbocycles. The summed E-state index contributed by atoms with van der Waals surface area (Å²) in [6.07, 6.45) is 8.40. The van der Waals surface area contributed by atoms with Crippen LogP contribution in [0, 0.1) is 0 Å². The number of carboxylic acids is 2. The Balaban J connectivity index is 2.42. The van der Waals surface area contributed by atoms with Gasteiger partial charge in [0.15, 0.2) is 0 Å². The third kappa shape index (κ3) is 6.61. The molecule has 0 spiro atoms. The maximum absolute atomic E-state index is 11.0. The molecule has 0 bridgehead atoms. The maximum Gasteiger partial charge on any atom is 0.335 e. The number of carboxylic acid groups (broad SMARTS) is 2. The highest BCUT2D eigenvalue weighted by Crippen LogP contribution is 2.16. The molecule has 0 atom stereocenters. The van der Waals surface area contributed by atoms with Crippen molar-refractivity contribution in [3.8, 4) is 0 Å². The van der Waals surface area contributed by atoms with Crippen LogP contribution in [0.3, 0.4) is 0 Å². The van der Waals surface area contributed by atoms with E-state index < -0.39 is 11.9 Å². The highest BCUT2D eigenvalue weighted by molar-refractivity contribution is 5.95. The second-order valence-corrected chi connectivity index (χ2v) is 5.46. The van der Waals surface area contributed by atoms with Gasteiger partial charge in [0.05, 0.1) is 11.1 Å². The molecule has 0 heterocycles. The van der Waals surface area contributed by atoms with Crippen LogP contribution in [0.4, 0.5) is 5.69 Å². The maximum atomic E-state index is 11.0. The molecule has 3 N–H and O–H groups in total. The minimum Gasteiger partial charge on any atom is -0.478 e. The van der Waals surface area contributed by atoms with Gasteiger partial charge in [-0.05, 0) is 24.6 Å².